The zero-order valence-corrected chi connectivity index (χ0v) is 7.22. The quantitative estimate of drug-likeness (QED) is 0.640. The molecule has 1 aliphatic rings. The van der Waals surface area contributed by atoms with Crippen LogP contribution in [0.2, 0.25) is 0 Å². The van der Waals surface area contributed by atoms with E-state index in [2.05, 4.69) is 6.92 Å². The minimum absolute atomic E-state index is 0.456. The van der Waals surface area contributed by atoms with E-state index >= 15 is 0 Å². The van der Waals surface area contributed by atoms with Crippen LogP contribution in [0.4, 0.5) is 0 Å². The van der Waals surface area contributed by atoms with Crippen LogP contribution in [0.3, 0.4) is 0 Å². The van der Waals surface area contributed by atoms with Crippen LogP contribution in [0, 0.1) is 11.8 Å². The highest BCUT2D eigenvalue weighted by molar-refractivity contribution is 4.82. The SMILES string of the molecule is C[C@H](CC(C)(C)O)C1CC1. The fourth-order valence-corrected chi connectivity index (χ4v) is 1.62. The third-order valence-corrected chi connectivity index (χ3v) is 2.25. The summed E-state index contributed by atoms with van der Waals surface area (Å²) in [5, 5.41) is 9.46. The van der Waals surface area contributed by atoms with E-state index < -0.39 is 5.60 Å². The van der Waals surface area contributed by atoms with Crippen molar-refractivity contribution in [1.29, 1.82) is 0 Å². The summed E-state index contributed by atoms with van der Waals surface area (Å²) in [5.41, 5.74) is -0.456. The molecule has 0 spiro atoms. The van der Waals surface area contributed by atoms with Gasteiger partial charge in [0.25, 0.3) is 0 Å². The summed E-state index contributed by atoms with van der Waals surface area (Å²) in [6.45, 7) is 6.04. The Morgan fingerprint density at radius 1 is 1.50 bits per heavy atom. The van der Waals surface area contributed by atoms with E-state index in [1.54, 1.807) is 0 Å². The number of aliphatic hydroxyl groups is 1. The van der Waals surface area contributed by atoms with E-state index in [4.69, 9.17) is 0 Å². The van der Waals surface area contributed by atoms with Gasteiger partial charge in [0, 0.05) is 0 Å². The van der Waals surface area contributed by atoms with Crippen LogP contribution in [-0.4, -0.2) is 10.7 Å². The van der Waals surface area contributed by atoms with Gasteiger partial charge in [0.05, 0.1) is 5.60 Å². The number of hydrogen-bond donors (Lipinski definition) is 1. The molecule has 1 nitrogen and oxygen atoms in total. The fraction of sp³-hybridized carbons (Fsp3) is 1.00. The van der Waals surface area contributed by atoms with Gasteiger partial charge in [-0.1, -0.05) is 6.92 Å². The monoisotopic (exact) mass is 142 g/mol. The summed E-state index contributed by atoms with van der Waals surface area (Å²) in [4.78, 5) is 0. The van der Waals surface area contributed by atoms with E-state index in [0.29, 0.717) is 0 Å². The molecular weight excluding hydrogens is 124 g/mol. The first kappa shape index (κ1) is 8.06. The molecule has 1 rings (SSSR count). The van der Waals surface area contributed by atoms with Gasteiger partial charge >= 0.3 is 0 Å². The minimum Gasteiger partial charge on any atom is -0.390 e. The second-order valence-corrected chi connectivity index (χ2v) is 4.33. The van der Waals surface area contributed by atoms with Crippen LogP contribution in [-0.2, 0) is 0 Å². The Morgan fingerprint density at radius 2 is 2.00 bits per heavy atom. The summed E-state index contributed by atoms with van der Waals surface area (Å²) >= 11 is 0. The molecule has 1 atom stereocenters. The smallest absolute Gasteiger partial charge is 0.0594 e. The second-order valence-electron chi connectivity index (χ2n) is 4.33. The van der Waals surface area contributed by atoms with Gasteiger partial charge in [-0.3, -0.25) is 0 Å². The highest BCUT2D eigenvalue weighted by Gasteiger charge is 2.31. The number of hydrogen-bond acceptors (Lipinski definition) is 1. The van der Waals surface area contributed by atoms with Crippen LogP contribution >= 0.6 is 0 Å². The molecular formula is C9H18O. The molecule has 0 bridgehead atoms. The summed E-state index contributed by atoms with van der Waals surface area (Å²) in [6.07, 6.45) is 3.73. The first-order valence-electron chi connectivity index (χ1n) is 4.21. The van der Waals surface area contributed by atoms with Gasteiger partial charge in [0.2, 0.25) is 0 Å². The Labute approximate surface area is 63.4 Å². The van der Waals surface area contributed by atoms with Crippen LogP contribution in [0.15, 0.2) is 0 Å². The molecule has 1 fully saturated rings. The topological polar surface area (TPSA) is 20.2 Å². The fourth-order valence-electron chi connectivity index (χ4n) is 1.62. The summed E-state index contributed by atoms with van der Waals surface area (Å²) in [7, 11) is 0. The van der Waals surface area contributed by atoms with E-state index in [1.165, 1.54) is 12.8 Å². The lowest BCUT2D eigenvalue weighted by atomic mass is 9.92. The second kappa shape index (κ2) is 2.54. The van der Waals surface area contributed by atoms with E-state index in [0.717, 1.165) is 18.3 Å². The first-order valence-corrected chi connectivity index (χ1v) is 4.21. The highest BCUT2D eigenvalue weighted by atomic mass is 16.3. The molecule has 0 aromatic rings. The van der Waals surface area contributed by atoms with E-state index in [-0.39, 0.29) is 0 Å². The van der Waals surface area contributed by atoms with Crippen molar-refractivity contribution in [2.24, 2.45) is 11.8 Å². The lowest BCUT2D eigenvalue weighted by Crippen LogP contribution is -2.22. The van der Waals surface area contributed by atoms with Gasteiger partial charge in [-0.05, 0) is 44.9 Å². The van der Waals surface area contributed by atoms with Gasteiger partial charge in [0.1, 0.15) is 0 Å². The van der Waals surface area contributed by atoms with Crippen LogP contribution in [0.5, 0.6) is 0 Å². The van der Waals surface area contributed by atoms with Crippen molar-refractivity contribution in [2.45, 2.75) is 45.6 Å². The maximum Gasteiger partial charge on any atom is 0.0594 e. The van der Waals surface area contributed by atoms with Crippen molar-refractivity contribution in [3.63, 3.8) is 0 Å². The largest absolute Gasteiger partial charge is 0.390 e. The average molecular weight is 142 g/mol. The van der Waals surface area contributed by atoms with Crippen LogP contribution in [0.25, 0.3) is 0 Å². The zero-order valence-electron chi connectivity index (χ0n) is 7.22. The summed E-state index contributed by atoms with van der Waals surface area (Å²) < 4.78 is 0. The number of rotatable bonds is 3. The summed E-state index contributed by atoms with van der Waals surface area (Å²) in [5.74, 6) is 1.64. The Morgan fingerprint density at radius 3 is 2.30 bits per heavy atom. The Hall–Kier alpha value is -0.0400. The van der Waals surface area contributed by atoms with Gasteiger partial charge in [0.15, 0.2) is 0 Å². The van der Waals surface area contributed by atoms with Crippen LogP contribution < -0.4 is 0 Å². The predicted octanol–water partition coefficient (Wildman–Crippen LogP) is 2.19. The molecule has 0 aromatic heterocycles. The lowest BCUT2D eigenvalue weighted by Gasteiger charge is -2.21. The molecule has 0 aromatic carbocycles. The Kier molecular flexibility index (Phi) is 2.04. The molecule has 1 saturated carbocycles. The lowest BCUT2D eigenvalue weighted by molar-refractivity contribution is 0.0519. The van der Waals surface area contributed by atoms with Crippen molar-refractivity contribution in [3.05, 3.63) is 0 Å². The molecule has 1 heteroatoms. The third kappa shape index (κ3) is 2.70. The zero-order chi connectivity index (χ0) is 7.78. The molecule has 1 N–H and O–H groups in total. The van der Waals surface area contributed by atoms with Gasteiger partial charge in [-0.25, -0.2) is 0 Å². The van der Waals surface area contributed by atoms with Crippen molar-refractivity contribution < 1.29 is 5.11 Å². The Balaban J connectivity index is 2.23. The van der Waals surface area contributed by atoms with Crippen molar-refractivity contribution in [2.75, 3.05) is 0 Å². The van der Waals surface area contributed by atoms with Crippen molar-refractivity contribution in [3.8, 4) is 0 Å². The van der Waals surface area contributed by atoms with Gasteiger partial charge in [-0.2, -0.15) is 0 Å². The average Bonchev–Trinajstić information content (AvgIpc) is 2.35. The van der Waals surface area contributed by atoms with Crippen molar-refractivity contribution in [1.82, 2.24) is 0 Å². The molecule has 0 aliphatic heterocycles. The normalized spacial score (nSPS) is 22.8. The standard InChI is InChI=1S/C9H18O/c1-7(8-4-5-8)6-9(2,3)10/h7-8,10H,4-6H2,1-3H3/t7-/m1/s1. The molecule has 0 heterocycles. The highest BCUT2D eigenvalue weighted by Crippen LogP contribution is 2.39. The van der Waals surface area contributed by atoms with Gasteiger partial charge in [-0.15, -0.1) is 0 Å². The van der Waals surface area contributed by atoms with Gasteiger partial charge < -0.3 is 5.11 Å². The molecule has 0 unspecified atom stereocenters. The molecule has 10 heavy (non-hydrogen) atoms. The molecule has 0 amide bonds. The van der Waals surface area contributed by atoms with E-state index in [9.17, 15) is 5.11 Å². The van der Waals surface area contributed by atoms with Crippen molar-refractivity contribution >= 4 is 0 Å². The molecule has 60 valence electrons. The first-order chi connectivity index (χ1) is 4.49. The summed E-state index contributed by atoms with van der Waals surface area (Å²) in [6, 6.07) is 0. The predicted molar refractivity (Wildman–Crippen MR) is 42.8 cm³/mol. The Bertz CT molecular complexity index is 108. The minimum atomic E-state index is -0.456. The maximum absolute atomic E-state index is 9.46. The van der Waals surface area contributed by atoms with Crippen LogP contribution in [0.1, 0.15) is 40.0 Å². The molecule has 0 saturated heterocycles. The molecule has 1 aliphatic carbocycles. The maximum atomic E-state index is 9.46. The van der Waals surface area contributed by atoms with E-state index in [1.807, 2.05) is 13.8 Å². The molecule has 0 radical (unpaired) electrons. The third-order valence-electron chi connectivity index (χ3n) is 2.25.